The molecule has 4 aromatic rings. The number of rotatable bonds is 4. The van der Waals surface area contributed by atoms with Gasteiger partial charge in [-0.1, -0.05) is 12.1 Å². The van der Waals surface area contributed by atoms with Gasteiger partial charge in [0.05, 0.1) is 18.2 Å². The second kappa shape index (κ2) is 7.55. The Morgan fingerprint density at radius 2 is 2.23 bits per heavy atom. The molecule has 1 fully saturated rings. The normalized spacial score (nSPS) is 23.2. The van der Waals surface area contributed by atoms with E-state index in [4.69, 9.17) is 9.15 Å². The zero-order valence-corrected chi connectivity index (χ0v) is 18.7. The number of halogens is 1. The lowest BCUT2D eigenvalue weighted by atomic mass is 9.72. The Balaban J connectivity index is 1.37. The quantitative estimate of drug-likeness (QED) is 0.464. The maximum Gasteiger partial charge on any atom is 0.249 e. The number of methoxy groups -OCH3 is 1. The molecule has 158 valence electrons. The lowest BCUT2D eigenvalue weighted by Gasteiger charge is -2.46. The van der Waals surface area contributed by atoms with Crippen molar-refractivity contribution in [3.8, 4) is 11.5 Å². The van der Waals surface area contributed by atoms with Crippen LogP contribution in [0.2, 0.25) is 0 Å². The topological polar surface area (TPSA) is 80.1 Å². The third-order valence-electron chi connectivity index (χ3n) is 6.61. The molecule has 0 amide bonds. The molecule has 3 atom stereocenters. The molecule has 1 aromatic carbocycles. The maximum atomic E-state index is 6.14. The number of ether oxygens (including phenoxy) is 1. The average Bonchev–Trinajstić information content (AvgIpc) is 3.43. The number of pyridine rings is 1. The number of H-pyrrole nitrogens is 1. The number of fused-ring (bicyclic) bond motifs is 2. The second-order valence-corrected chi connectivity index (χ2v) is 9.34. The minimum Gasteiger partial charge on any atom is -0.420 e. The van der Waals surface area contributed by atoms with Gasteiger partial charge in [0, 0.05) is 59.6 Å². The molecular weight excluding hydrogens is 458 g/mol. The zero-order valence-electron chi connectivity index (χ0n) is 17.1. The van der Waals surface area contributed by atoms with Crippen LogP contribution >= 0.6 is 15.9 Å². The van der Waals surface area contributed by atoms with Crippen LogP contribution in [0.5, 0.6) is 0 Å². The number of aromatic nitrogens is 4. The van der Waals surface area contributed by atoms with E-state index in [0.29, 0.717) is 30.5 Å². The van der Waals surface area contributed by atoms with Crippen LogP contribution in [0.4, 0.5) is 0 Å². The smallest absolute Gasteiger partial charge is 0.249 e. The Morgan fingerprint density at radius 1 is 1.29 bits per heavy atom. The van der Waals surface area contributed by atoms with E-state index in [1.54, 1.807) is 19.5 Å². The van der Waals surface area contributed by atoms with Crippen LogP contribution in [0, 0.1) is 0 Å². The number of hydrogen-bond donors (Lipinski definition) is 1. The second-order valence-electron chi connectivity index (χ2n) is 8.42. The van der Waals surface area contributed by atoms with Crippen molar-refractivity contribution in [3.05, 3.63) is 64.3 Å². The van der Waals surface area contributed by atoms with Gasteiger partial charge < -0.3 is 14.1 Å². The van der Waals surface area contributed by atoms with E-state index in [-0.39, 0.29) is 5.92 Å². The molecule has 7 nitrogen and oxygen atoms in total. The molecule has 1 aliphatic heterocycles. The molecule has 1 unspecified atom stereocenters. The Bertz CT molecular complexity index is 1250. The highest BCUT2D eigenvalue weighted by Gasteiger charge is 2.42. The molecule has 0 radical (unpaired) electrons. The lowest BCUT2D eigenvalue weighted by Crippen LogP contribution is -2.50. The van der Waals surface area contributed by atoms with Gasteiger partial charge in [0.15, 0.2) is 0 Å². The number of aromatic amines is 1. The fourth-order valence-corrected chi connectivity index (χ4v) is 5.70. The van der Waals surface area contributed by atoms with Crippen molar-refractivity contribution in [2.75, 3.05) is 20.4 Å². The molecule has 1 aliphatic carbocycles. The number of benzene rings is 1. The first-order valence-corrected chi connectivity index (χ1v) is 11.3. The van der Waals surface area contributed by atoms with Gasteiger partial charge in [-0.05, 0) is 52.0 Å². The van der Waals surface area contributed by atoms with Gasteiger partial charge in [-0.3, -0.25) is 9.88 Å². The van der Waals surface area contributed by atoms with Crippen molar-refractivity contribution >= 4 is 26.8 Å². The van der Waals surface area contributed by atoms with Crippen molar-refractivity contribution in [2.45, 2.75) is 30.7 Å². The SMILES string of the molecule is COCN1C[C@H](c2nnc(-c3cncc(Br)c3)o2)CC2c3cccc4[nH]cc(c34)C[C@H]21. The lowest BCUT2D eigenvalue weighted by molar-refractivity contribution is -0.00377. The molecule has 31 heavy (non-hydrogen) atoms. The summed E-state index contributed by atoms with van der Waals surface area (Å²) in [6.07, 6.45) is 7.65. The van der Waals surface area contributed by atoms with Gasteiger partial charge in [0.2, 0.25) is 11.8 Å². The third-order valence-corrected chi connectivity index (χ3v) is 7.05. The molecule has 0 saturated carbocycles. The van der Waals surface area contributed by atoms with Crippen LogP contribution in [0.15, 0.2) is 51.7 Å². The summed E-state index contributed by atoms with van der Waals surface area (Å²) in [6, 6.07) is 8.92. The summed E-state index contributed by atoms with van der Waals surface area (Å²) in [4.78, 5) is 10.1. The minimum atomic E-state index is 0.147. The van der Waals surface area contributed by atoms with Crippen molar-refractivity contribution in [1.29, 1.82) is 0 Å². The molecule has 6 rings (SSSR count). The highest BCUT2D eigenvalue weighted by Crippen LogP contribution is 2.46. The van der Waals surface area contributed by atoms with Crippen LogP contribution in [0.25, 0.3) is 22.4 Å². The summed E-state index contributed by atoms with van der Waals surface area (Å²) in [6.45, 7) is 1.42. The Labute approximate surface area is 188 Å². The van der Waals surface area contributed by atoms with Crippen LogP contribution < -0.4 is 0 Å². The average molecular weight is 480 g/mol. The molecule has 8 heteroatoms. The fourth-order valence-electron chi connectivity index (χ4n) is 5.34. The van der Waals surface area contributed by atoms with Gasteiger partial charge in [0.1, 0.15) is 0 Å². The molecule has 0 bridgehead atoms. The fraction of sp³-hybridized carbons (Fsp3) is 0.348. The highest BCUT2D eigenvalue weighted by atomic mass is 79.9. The maximum absolute atomic E-state index is 6.14. The molecule has 0 spiro atoms. The molecule has 1 N–H and O–H groups in total. The predicted octanol–water partition coefficient (Wildman–Crippen LogP) is 4.48. The van der Waals surface area contributed by atoms with E-state index >= 15 is 0 Å². The number of hydrogen-bond acceptors (Lipinski definition) is 6. The summed E-state index contributed by atoms with van der Waals surface area (Å²) in [5.41, 5.74) is 4.84. The predicted molar refractivity (Wildman–Crippen MR) is 120 cm³/mol. The van der Waals surface area contributed by atoms with E-state index < -0.39 is 0 Å². The van der Waals surface area contributed by atoms with Gasteiger partial charge in [-0.15, -0.1) is 10.2 Å². The van der Waals surface area contributed by atoms with E-state index in [1.165, 1.54) is 22.0 Å². The Morgan fingerprint density at radius 3 is 3.10 bits per heavy atom. The summed E-state index contributed by atoms with van der Waals surface area (Å²) in [7, 11) is 1.76. The summed E-state index contributed by atoms with van der Waals surface area (Å²) in [5.74, 6) is 1.72. The Kier molecular flexibility index (Phi) is 4.66. The van der Waals surface area contributed by atoms with Gasteiger partial charge in [0.25, 0.3) is 0 Å². The summed E-state index contributed by atoms with van der Waals surface area (Å²) < 4.78 is 12.6. The first-order valence-electron chi connectivity index (χ1n) is 10.5. The third kappa shape index (κ3) is 3.21. The van der Waals surface area contributed by atoms with Crippen LogP contribution in [0.3, 0.4) is 0 Å². The van der Waals surface area contributed by atoms with Crippen LogP contribution in [-0.4, -0.2) is 51.5 Å². The van der Waals surface area contributed by atoms with Crippen LogP contribution in [-0.2, 0) is 11.2 Å². The number of nitrogens with one attached hydrogen (secondary N) is 1. The number of nitrogens with zero attached hydrogens (tertiary/aromatic N) is 4. The number of likely N-dealkylation sites (tertiary alicyclic amines) is 1. The van der Waals surface area contributed by atoms with E-state index in [9.17, 15) is 0 Å². The zero-order chi connectivity index (χ0) is 20.9. The van der Waals surface area contributed by atoms with E-state index in [0.717, 1.165) is 29.4 Å². The van der Waals surface area contributed by atoms with Crippen LogP contribution in [0.1, 0.15) is 35.3 Å². The van der Waals surface area contributed by atoms with E-state index in [1.807, 2.05) is 6.07 Å². The van der Waals surface area contributed by atoms with Gasteiger partial charge in [-0.25, -0.2) is 0 Å². The Hall–Kier alpha value is -2.55. The van der Waals surface area contributed by atoms with Crippen molar-refractivity contribution < 1.29 is 9.15 Å². The first-order chi connectivity index (χ1) is 15.2. The largest absolute Gasteiger partial charge is 0.420 e. The van der Waals surface area contributed by atoms with Crippen molar-refractivity contribution in [1.82, 2.24) is 25.1 Å². The first kappa shape index (κ1) is 19.2. The highest BCUT2D eigenvalue weighted by molar-refractivity contribution is 9.10. The summed E-state index contributed by atoms with van der Waals surface area (Å²) >= 11 is 3.45. The standard InChI is InChI=1S/C23H22BrN5O2/c1-30-12-29-11-15(23-28-27-22(31-23)14-5-16(24)10-25-8-14)6-18-17-3-2-4-19-21(17)13(9-26-19)7-20(18)29/h2-5,8-10,15,18,20,26H,6-7,11-12H2,1H3/t15-,18?,20-/m1/s1. The minimum absolute atomic E-state index is 0.147. The number of piperidine rings is 1. The van der Waals surface area contributed by atoms with Gasteiger partial charge >= 0.3 is 0 Å². The molecule has 4 heterocycles. The molecule has 3 aromatic heterocycles. The molecular formula is C23H22BrN5O2. The van der Waals surface area contributed by atoms with E-state index in [2.05, 4.69) is 65.4 Å². The molecule has 1 saturated heterocycles. The van der Waals surface area contributed by atoms with Crippen molar-refractivity contribution in [2.24, 2.45) is 0 Å². The van der Waals surface area contributed by atoms with Crippen molar-refractivity contribution in [3.63, 3.8) is 0 Å². The molecule has 2 aliphatic rings. The monoisotopic (exact) mass is 479 g/mol. The van der Waals surface area contributed by atoms with Gasteiger partial charge in [-0.2, -0.15) is 0 Å². The summed E-state index contributed by atoms with van der Waals surface area (Å²) in [5, 5.41) is 10.1.